The Balaban J connectivity index is -0.000000174. The maximum Gasteiger partial charge on any atom is 0.330 e. The summed E-state index contributed by atoms with van der Waals surface area (Å²) in [6.45, 7) is 12.2. The average molecular weight is 244 g/mol. The molecule has 0 aromatic rings. The number of carbonyl (C=O) groups is 3. The van der Waals surface area contributed by atoms with E-state index in [4.69, 9.17) is 15.3 Å². The molecule has 0 radical (unpaired) electrons. The van der Waals surface area contributed by atoms with E-state index >= 15 is 0 Å². The van der Waals surface area contributed by atoms with Gasteiger partial charge in [-0.15, -0.1) is 0 Å². The van der Waals surface area contributed by atoms with Gasteiger partial charge in [0.15, 0.2) is 0 Å². The van der Waals surface area contributed by atoms with Gasteiger partial charge in [-0.1, -0.05) is 19.7 Å². The van der Waals surface area contributed by atoms with Gasteiger partial charge in [0.2, 0.25) is 0 Å². The molecule has 0 heterocycles. The van der Waals surface area contributed by atoms with Crippen molar-refractivity contribution in [3.8, 4) is 0 Å². The summed E-state index contributed by atoms with van der Waals surface area (Å²) in [7, 11) is 0. The van der Waals surface area contributed by atoms with Gasteiger partial charge in [-0.05, 0) is 13.8 Å². The molecule has 0 saturated heterocycles. The fraction of sp³-hybridized carbons (Fsp3) is 0.182. The summed E-state index contributed by atoms with van der Waals surface area (Å²) in [6.07, 6.45) is 0.833. The average Bonchev–Trinajstić information content (AvgIpc) is 2.19. The van der Waals surface area contributed by atoms with Crippen molar-refractivity contribution >= 4 is 17.9 Å². The third-order valence-corrected chi connectivity index (χ3v) is 0.905. The third-order valence-electron chi connectivity index (χ3n) is 0.905. The lowest BCUT2D eigenvalue weighted by Gasteiger charge is -1.79. The lowest BCUT2D eigenvalue weighted by atomic mass is 10.4. The standard InChI is InChI=1S/2C4H6O2.C3H4O2/c2*1-3(2)4(5)6;1-2-3(4)5/h2*1H2,2H3,(H,5,6);2H,1H2,(H,4,5). The van der Waals surface area contributed by atoms with Crippen molar-refractivity contribution in [2.45, 2.75) is 13.8 Å². The highest BCUT2D eigenvalue weighted by molar-refractivity contribution is 5.85. The van der Waals surface area contributed by atoms with E-state index < -0.39 is 17.9 Å². The Hall–Kier alpha value is -2.37. The van der Waals surface area contributed by atoms with Crippen LogP contribution in [0.2, 0.25) is 0 Å². The van der Waals surface area contributed by atoms with E-state index in [2.05, 4.69) is 19.7 Å². The first kappa shape index (κ1) is 20.1. The molecule has 0 aliphatic rings. The largest absolute Gasteiger partial charge is 0.478 e. The topological polar surface area (TPSA) is 112 Å². The molecule has 0 aromatic heterocycles. The minimum Gasteiger partial charge on any atom is -0.478 e. The molecule has 0 spiro atoms. The number of carboxylic acids is 3. The van der Waals surface area contributed by atoms with E-state index in [0.29, 0.717) is 0 Å². The van der Waals surface area contributed by atoms with Crippen molar-refractivity contribution in [3.63, 3.8) is 0 Å². The molecule has 0 bridgehead atoms. The molecule has 0 aliphatic carbocycles. The highest BCUT2D eigenvalue weighted by atomic mass is 16.4. The summed E-state index contributed by atoms with van der Waals surface area (Å²) in [5, 5.41) is 23.4. The van der Waals surface area contributed by atoms with E-state index in [1.807, 2.05) is 0 Å². The Labute approximate surface area is 99.2 Å². The fourth-order valence-corrected chi connectivity index (χ4v) is 0. The highest BCUT2D eigenvalue weighted by Gasteiger charge is 1.90. The number of hydrogen-bond acceptors (Lipinski definition) is 3. The van der Waals surface area contributed by atoms with Gasteiger partial charge in [0.25, 0.3) is 0 Å². The minimum atomic E-state index is -0.981. The molecular weight excluding hydrogens is 228 g/mol. The smallest absolute Gasteiger partial charge is 0.330 e. The number of hydrogen-bond donors (Lipinski definition) is 3. The highest BCUT2D eigenvalue weighted by Crippen LogP contribution is 1.81. The molecule has 0 unspecified atom stereocenters. The van der Waals surface area contributed by atoms with Crippen molar-refractivity contribution in [2.24, 2.45) is 0 Å². The van der Waals surface area contributed by atoms with Crippen molar-refractivity contribution in [1.82, 2.24) is 0 Å². The SMILES string of the molecule is C=C(C)C(=O)O.C=C(C)C(=O)O.C=CC(=O)O. The van der Waals surface area contributed by atoms with E-state index in [9.17, 15) is 14.4 Å². The van der Waals surface area contributed by atoms with Crippen LogP contribution in [-0.2, 0) is 14.4 Å². The molecule has 0 amide bonds. The van der Waals surface area contributed by atoms with Gasteiger partial charge < -0.3 is 15.3 Å². The van der Waals surface area contributed by atoms with E-state index in [1.165, 1.54) is 13.8 Å². The Kier molecular flexibility index (Phi) is 13.8. The van der Waals surface area contributed by atoms with Crippen molar-refractivity contribution in [2.75, 3.05) is 0 Å². The minimum absolute atomic E-state index is 0.176. The number of aliphatic carboxylic acids is 3. The first-order chi connectivity index (χ1) is 7.56. The maximum atomic E-state index is 9.60. The monoisotopic (exact) mass is 244 g/mol. The summed E-state index contributed by atoms with van der Waals surface area (Å²) < 4.78 is 0. The van der Waals surface area contributed by atoms with Crippen LogP contribution in [0.3, 0.4) is 0 Å². The molecular formula is C11H16O6. The van der Waals surface area contributed by atoms with Gasteiger partial charge in [0.05, 0.1) is 0 Å². The zero-order chi connectivity index (χ0) is 14.6. The van der Waals surface area contributed by atoms with Crippen molar-refractivity contribution in [3.05, 3.63) is 37.0 Å². The zero-order valence-electron chi connectivity index (χ0n) is 9.77. The first-order valence-electron chi connectivity index (χ1n) is 4.19. The normalized spacial score (nSPS) is 7.18. The van der Waals surface area contributed by atoms with Crippen LogP contribution in [0.1, 0.15) is 13.8 Å². The summed E-state index contributed by atoms with van der Waals surface area (Å²) in [4.78, 5) is 28.4. The maximum absolute atomic E-state index is 9.60. The van der Waals surface area contributed by atoms with Gasteiger partial charge >= 0.3 is 17.9 Å². The molecule has 0 rings (SSSR count). The molecule has 0 atom stereocenters. The van der Waals surface area contributed by atoms with Gasteiger partial charge in [0.1, 0.15) is 0 Å². The lowest BCUT2D eigenvalue weighted by molar-refractivity contribution is -0.133. The van der Waals surface area contributed by atoms with E-state index in [0.717, 1.165) is 6.08 Å². The van der Waals surface area contributed by atoms with Crippen LogP contribution in [0.15, 0.2) is 37.0 Å². The number of carboxylic acid groups (broad SMARTS) is 3. The van der Waals surface area contributed by atoms with Crippen LogP contribution in [0.5, 0.6) is 0 Å². The zero-order valence-corrected chi connectivity index (χ0v) is 9.77. The predicted octanol–water partition coefficient (Wildman–Crippen LogP) is 1.55. The Bertz CT molecular complexity index is 279. The summed E-state index contributed by atoms with van der Waals surface area (Å²) in [5.74, 6) is -2.85. The van der Waals surface area contributed by atoms with Crippen LogP contribution in [0, 0.1) is 0 Å². The Morgan fingerprint density at radius 1 is 0.882 bits per heavy atom. The predicted molar refractivity (Wildman–Crippen MR) is 62.7 cm³/mol. The number of rotatable bonds is 3. The van der Waals surface area contributed by atoms with Crippen LogP contribution in [0.4, 0.5) is 0 Å². The Morgan fingerprint density at radius 2 is 1.00 bits per heavy atom. The summed E-state index contributed by atoms with van der Waals surface area (Å²) in [6, 6.07) is 0. The summed E-state index contributed by atoms with van der Waals surface area (Å²) in [5.41, 5.74) is 0.352. The fourth-order valence-electron chi connectivity index (χ4n) is 0. The van der Waals surface area contributed by atoms with E-state index in [-0.39, 0.29) is 11.1 Å². The van der Waals surface area contributed by atoms with Gasteiger partial charge in [-0.3, -0.25) is 0 Å². The molecule has 6 heteroatoms. The van der Waals surface area contributed by atoms with Crippen LogP contribution in [0.25, 0.3) is 0 Å². The Morgan fingerprint density at radius 3 is 1.00 bits per heavy atom. The van der Waals surface area contributed by atoms with Crippen molar-refractivity contribution in [1.29, 1.82) is 0 Å². The van der Waals surface area contributed by atoms with Gasteiger partial charge in [0, 0.05) is 17.2 Å². The molecule has 0 fully saturated rings. The molecule has 0 saturated carbocycles. The molecule has 17 heavy (non-hydrogen) atoms. The van der Waals surface area contributed by atoms with Crippen LogP contribution in [-0.4, -0.2) is 33.2 Å². The van der Waals surface area contributed by atoms with Crippen LogP contribution < -0.4 is 0 Å². The second kappa shape index (κ2) is 11.7. The molecule has 3 N–H and O–H groups in total. The molecule has 96 valence electrons. The first-order valence-corrected chi connectivity index (χ1v) is 4.19. The third kappa shape index (κ3) is 31.7. The second-order valence-electron chi connectivity index (χ2n) is 2.71. The van der Waals surface area contributed by atoms with Crippen molar-refractivity contribution < 1.29 is 29.7 Å². The summed E-state index contributed by atoms with van der Waals surface area (Å²) >= 11 is 0. The van der Waals surface area contributed by atoms with Gasteiger partial charge in [-0.2, -0.15) is 0 Å². The molecule has 0 aliphatic heterocycles. The second-order valence-corrected chi connectivity index (χ2v) is 2.71. The van der Waals surface area contributed by atoms with E-state index in [1.54, 1.807) is 0 Å². The molecule has 0 aromatic carbocycles. The van der Waals surface area contributed by atoms with Gasteiger partial charge in [-0.25, -0.2) is 14.4 Å². The van der Waals surface area contributed by atoms with Crippen LogP contribution >= 0.6 is 0 Å². The lowest BCUT2D eigenvalue weighted by Crippen LogP contribution is -1.92. The quantitative estimate of drug-likeness (QED) is 0.649. The molecule has 6 nitrogen and oxygen atoms in total.